The van der Waals surface area contributed by atoms with Crippen molar-refractivity contribution in [3.63, 3.8) is 0 Å². The maximum absolute atomic E-state index is 2.41. The second kappa shape index (κ2) is 6.44. The van der Waals surface area contributed by atoms with Gasteiger partial charge in [-0.25, -0.2) is 0 Å². The van der Waals surface area contributed by atoms with Crippen LogP contribution >= 0.6 is 0 Å². The standard InChI is InChI=1S/C15H22/c1-4-5-7-12-15(13(2)3)14-10-8-6-9-11-14/h6,8-13H,4-5,7H2,1-3H3. The van der Waals surface area contributed by atoms with E-state index in [4.69, 9.17) is 0 Å². The van der Waals surface area contributed by atoms with Crippen LogP contribution in [0.3, 0.4) is 0 Å². The molecule has 0 radical (unpaired) electrons. The number of benzene rings is 1. The summed E-state index contributed by atoms with van der Waals surface area (Å²) in [5.41, 5.74) is 2.87. The molecule has 0 heterocycles. The Bertz CT molecular complexity index is 293. The molecule has 0 unspecified atom stereocenters. The highest BCUT2D eigenvalue weighted by molar-refractivity contribution is 5.66. The van der Waals surface area contributed by atoms with Crippen molar-refractivity contribution >= 4 is 5.57 Å². The molecule has 0 amide bonds. The fourth-order valence-electron chi connectivity index (χ4n) is 1.78. The number of hydrogen-bond donors (Lipinski definition) is 0. The number of unbranched alkanes of at least 4 members (excludes halogenated alkanes) is 2. The van der Waals surface area contributed by atoms with Crippen LogP contribution in [0, 0.1) is 5.92 Å². The first kappa shape index (κ1) is 12.0. The Kier molecular flexibility index (Phi) is 5.17. The van der Waals surface area contributed by atoms with Gasteiger partial charge >= 0.3 is 0 Å². The van der Waals surface area contributed by atoms with Gasteiger partial charge < -0.3 is 0 Å². The summed E-state index contributed by atoms with van der Waals surface area (Å²) in [5, 5.41) is 0. The number of allylic oxidation sites excluding steroid dienone is 2. The maximum Gasteiger partial charge on any atom is -0.0216 e. The Hall–Kier alpha value is -1.04. The Labute approximate surface area is 94.0 Å². The van der Waals surface area contributed by atoms with Crippen molar-refractivity contribution in [3.8, 4) is 0 Å². The zero-order valence-corrected chi connectivity index (χ0v) is 10.2. The predicted octanol–water partition coefficient (Wildman–Crippen LogP) is 4.92. The molecule has 0 spiro atoms. The molecule has 0 atom stereocenters. The molecular weight excluding hydrogens is 180 g/mol. The minimum Gasteiger partial charge on any atom is -0.0805 e. The summed E-state index contributed by atoms with van der Waals surface area (Å²) in [5.74, 6) is 0.615. The lowest BCUT2D eigenvalue weighted by Crippen LogP contribution is -1.93. The van der Waals surface area contributed by atoms with Crippen LogP contribution in [-0.2, 0) is 0 Å². The van der Waals surface area contributed by atoms with E-state index in [1.54, 1.807) is 0 Å². The summed E-state index contributed by atoms with van der Waals surface area (Å²) in [6.07, 6.45) is 6.18. The number of hydrogen-bond acceptors (Lipinski definition) is 0. The Morgan fingerprint density at radius 3 is 2.40 bits per heavy atom. The Balaban J connectivity index is 2.79. The number of rotatable bonds is 5. The second-order valence-electron chi connectivity index (χ2n) is 4.32. The van der Waals surface area contributed by atoms with E-state index < -0.39 is 0 Å². The highest BCUT2D eigenvalue weighted by atomic mass is 14.1. The smallest absolute Gasteiger partial charge is 0.0216 e. The van der Waals surface area contributed by atoms with Crippen molar-refractivity contribution in [1.29, 1.82) is 0 Å². The van der Waals surface area contributed by atoms with Crippen LogP contribution in [0.5, 0.6) is 0 Å². The molecule has 82 valence electrons. The topological polar surface area (TPSA) is 0 Å². The van der Waals surface area contributed by atoms with E-state index in [1.165, 1.54) is 30.4 Å². The molecule has 0 aromatic heterocycles. The normalized spacial score (nSPS) is 12.1. The van der Waals surface area contributed by atoms with E-state index in [2.05, 4.69) is 57.2 Å². The third kappa shape index (κ3) is 3.91. The van der Waals surface area contributed by atoms with E-state index in [0.717, 1.165) is 0 Å². The van der Waals surface area contributed by atoms with Gasteiger partial charge in [0.1, 0.15) is 0 Å². The van der Waals surface area contributed by atoms with Gasteiger partial charge in [-0.3, -0.25) is 0 Å². The summed E-state index contributed by atoms with van der Waals surface area (Å²) in [6.45, 7) is 6.78. The quantitative estimate of drug-likeness (QED) is 0.595. The predicted molar refractivity (Wildman–Crippen MR) is 68.8 cm³/mol. The van der Waals surface area contributed by atoms with Crippen molar-refractivity contribution < 1.29 is 0 Å². The highest BCUT2D eigenvalue weighted by Gasteiger charge is 2.04. The van der Waals surface area contributed by atoms with Crippen LogP contribution in [0.15, 0.2) is 36.4 Å². The van der Waals surface area contributed by atoms with Crippen LogP contribution in [-0.4, -0.2) is 0 Å². The van der Waals surface area contributed by atoms with Crippen molar-refractivity contribution in [3.05, 3.63) is 42.0 Å². The third-order valence-electron chi connectivity index (χ3n) is 2.65. The molecule has 0 bridgehead atoms. The molecule has 0 aliphatic heterocycles. The average Bonchev–Trinajstić information content (AvgIpc) is 2.25. The van der Waals surface area contributed by atoms with E-state index in [9.17, 15) is 0 Å². The fraction of sp³-hybridized carbons (Fsp3) is 0.467. The molecule has 0 aliphatic rings. The van der Waals surface area contributed by atoms with Gasteiger partial charge in [-0.1, -0.05) is 70.0 Å². The van der Waals surface area contributed by atoms with E-state index >= 15 is 0 Å². The van der Waals surface area contributed by atoms with E-state index in [1.807, 2.05) is 0 Å². The van der Waals surface area contributed by atoms with Crippen molar-refractivity contribution in [2.75, 3.05) is 0 Å². The molecular formula is C15H22. The van der Waals surface area contributed by atoms with Crippen molar-refractivity contribution in [2.24, 2.45) is 5.92 Å². The first-order chi connectivity index (χ1) is 7.25. The summed E-state index contributed by atoms with van der Waals surface area (Å²) in [6, 6.07) is 10.7. The lowest BCUT2D eigenvalue weighted by molar-refractivity contribution is 0.800. The molecule has 0 aliphatic carbocycles. The zero-order chi connectivity index (χ0) is 11.1. The Morgan fingerprint density at radius 1 is 1.20 bits per heavy atom. The van der Waals surface area contributed by atoms with Crippen LogP contribution in [0.1, 0.15) is 45.6 Å². The molecule has 0 fully saturated rings. The molecule has 0 heteroatoms. The average molecular weight is 202 g/mol. The minimum absolute atomic E-state index is 0.615. The van der Waals surface area contributed by atoms with Gasteiger partial charge in [-0.05, 0) is 23.5 Å². The van der Waals surface area contributed by atoms with E-state index in [-0.39, 0.29) is 0 Å². The van der Waals surface area contributed by atoms with Crippen molar-refractivity contribution in [2.45, 2.75) is 40.0 Å². The van der Waals surface area contributed by atoms with Gasteiger partial charge in [0, 0.05) is 0 Å². The molecule has 0 saturated heterocycles. The SMILES string of the molecule is CCCCC=C(c1ccccc1)C(C)C. The van der Waals surface area contributed by atoms with Gasteiger partial charge in [-0.2, -0.15) is 0 Å². The highest BCUT2D eigenvalue weighted by Crippen LogP contribution is 2.23. The Morgan fingerprint density at radius 2 is 1.87 bits per heavy atom. The van der Waals surface area contributed by atoms with Crippen molar-refractivity contribution in [1.82, 2.24) is 0 Å². The molecule has 1 aromatic carbocycles. The lowest BCUT2D eigenvalue weighted by Gasteiger charge is -2.11. The molecule has 0 nitrogen and oxygen atoms in total. The lowest BCUT2D eigenvalue weighted by atomic mass is 9.94. The van der Waals surface area contributed by atoms with Crippen LogP contribution < -0.4 is 0 Å². The van der Waals surface area contributed by atoms with E-state index in [0.29, 0.717) is 5.92 Å². The first-order valence-electron chi connectivity index (χ1n) is 6.01. The fourth-order valence-corrected chi connectivity index (χ4v) is 1.78. The zero-order valence-electron chi connectivity index (χ0n) is 10.2. The van der Waals surface area contributed by atoms with Gasteiger partial charge in [0.25, 0.3) is 0 Å². The monoisotopic (exact) mass is 202 g/mol. The first-order valence-corrected chi connectivity index (χ1v) is 6.01. The minimum atomic E-state index is 0.615. The summed E-state index contributed by atoms with van der Waals surface area (Å²) < 4.78 is 0. The summed E-state index contributed by atoms with van der Waals surface area (Å²) in [7, 11) is 0. The summed E-state index contributed by atoms with van der Waals surface area (Å²) in [4.78, 5) is 0. The van der Waals surface area contributed by atoms with Gasteiger partial charge in [0.15, 0.2) is 0 Å². The van der Waals surface area contributed by atoms with Gasteiger partial charge in [0.05, 0.1) is 0 Å². The molecule has 0 N–H and O–H groups in total. The molecule has 15 heavy (non-hydrogen) atoms. The maximum atomic E-state index is 2.41. The molecule has 0 saturated carbocycles. The molecule has 1 rings (SSSR count). The van der Waals surface area contributed by atoms with Crippen LogP contribution in [0.2, 0.25) is 0 Å². The third-order valence-corrected chi connectivity index (χ3v) is 2.65. The molecule has 1 aromatic rings. The largest absolute Gasteiger partial charge is 0.0805 e. The van der Waals surface area contributed by atoms with Crippen LogP contribution in [0.25, 0.3) is 5.57 Å². The second-order valence-corrected chi connectivity index (χ2v) is 4.32. The van der Waals surface area contributed by atoms with Gasteiger partial charge in [0.2, 0.25) is 0 Å². The summed E-state index contributed by atoms with van der Waals surface area (Å²) >= 11 is 0. The van der Waals surface area contributed by atoms with Gasteiger partial charge in [-0.15, -0.1) is 0 Å². The van der Waals surface area contributed by atoms with Crippen LogP contribution in [0.4, 0.5) is 0 Å².